The number of likely N-dealkylation sites (tertiary alicyclic amines) is 1. The summed E-state index contributed by atoms with van der Waals surface area (Å²) < 4.78 is 33.3. The summed E-state index contributed by atoms with van der Waals surface area (Å²) in [7, 11) is -3.50. The number of hydrogen-bond donors (Lipinski definition) is 1. The number of nitrogens with zero attached hydrogens (tertiary/aromatic N) is 2. The molecule has 1 aliphatic rings. The van der Waals surface area contributed by atoms with Crippen LogP contribution in [0.2, 0.25) is 0 Å². The average Bonchev–Trinajstić information content (AvgIpc) is 3.24. The Morgan fingerprint density at radius 3 is 2.54 bits per heavy atom. The van der Waals surface area contributed by atoms with Gasteiger partial charge in [0.15, 0.2) is 6.10 Å². The van der Waals surface area contributed by atoms with Gasteiger partial charge in [-0.2, -0.15) is 5.26 Å². The quantitative estimate of drug-likeness (QED) is 0.775. The number of nitriles is 1. The number of thiophene rings is 1. The highest BCUT2D eigenvalue weighted by molar-refractivity contribution is 7.91. The predicted octanol–water partition coefficient (Wildman–Crippen LogP) is 2.36. The molecule has 2 heterocycles. The average molecular weight is 420 g/mol. The lowest BCUT2D eigenvalue weighted by Crippen LogP contribution is -2.49. The zero-order valence-corrected chi connectivity index (χ0v) is 17.0. The molecule has 3 rings (SSSR count). The minimum absolute atomic E-state index is 0.135. The Kier molecular flexibility index (Phi) is 6.34. The number of sulfonamides is 1. The Balaban J connectivity index is 1.51. The molecule has 148 valence electrons. The molecule has 1 amide bonds. The Morgan fingerprint density at radius 1 is 1.29 bits per heavy atom. The van der Waals surface area contributed by atoms with Crippen molar-refractivity contribution in [3.8, 4) is 11.8 Å². The van der Waals surface area contributed by atoms with Gasteiger partial charge < -0.3 is 9.64 Å². The summed E-state index contributed by atoms with van der Waals surface area (Å²) in [6, 6.07) is 11.7. The number of carbonyl (C=O) groups excluding carboxylic acids is 1. The highest BCUT2D eigenvalue weighted by atomic mass is 32.2. The third kappa shape index (κ3) is 4.90. The van der Waals surface area contributed by atoms with Crippen LogP contribution in [0.25, 0.3) is 0 Å². The molecule has 0 radical (unpaired) electrons. The maximum Gasteiger partial charge on any atom is 0.263 e. The zero-order chi connectivity index (χ0) is 20.1. The van der Waals surface area contributed by atoms with Crippen LogP contribution in [0.15, 0.2) is 46.0 Å². The summed E-state index contributed by atoms with van der Waals surface area (Å²) in [5, 5.41) is 10.5. The first-order valence-corrected chi connectivity index (χ1v) is 11.3. The first kappa shape index (κ1) is 20.3. The van der Waals surface area contributed by atoms with Gasteiger partial charge in [0, 0.05) is 19.1 Å². The summed E-state index contributed by atoms with van der Waals surface area (Å²) >= 11 is 1.18. The highest BCUT2D eigenvalue weighted by Crippen LogP contribution is 2.20. The maximum absolute atomic E-state index is 12.6. The van der Waals surface area contributed by atoms with Crippen molar-refractivity contribution < 1.29 is 17.9 Å². The summed E-state index contributed by atoms with van der Waals surface area (Å²) in [6.45, 7) is 2.63. The van der Waals surface area contributed by atoms with Gasteiger partial charge in [0.25, 0.3) is 5.91 Å². The molecule has 1 aliphatic heterocycles. The van der Waals surface area contributed by atoms with Gasteiger partial charge in [-0.3, -0.25) is 4.79 Å². The zero-order valence-electron chi connectivity index (χ0n) is 15.4. The van der Waals surface area contributed by atoms with Crippen LogP contribution < -0.4 is 9.46 Å². The molecule has 0 saturated carbocycles. The van der Waals surface area contributed by atoms with Gasteiger partial charge in [-0.05, 0) is 55.5 Å². The van der Waals surface area contributed by atoms with Crippen LogP contribution in [0.3, 0.4) is 0 Å². The van der Waals surface area contributed by atoms with Crippen LogP contribution in [0, 0.1) is 11.3 Å². The fourth-order valence-corrected chi connectivity index (χ4v) is 5.35. The molecular formula is C19H21N3O4S2. The largest absolute Gasteiger partial charge is 0.481 e. The van der Waals surface area contributed by atoms with Gasteiger partial charge in [0.1, 0.15) is 9.96 Å². The summed E-state index contributed by atoms with van der Waals surface area (Å²) in [5.74, 6) is 0.391. The summed E-state index contributed by atoms with van der Waals surface area (Å²) in [6.07, 6.45) is 0.451. The van der Waals surface area contributed by atoms with E-state index in [1.807, 2.05) is 6.07 Å². The highest BCUT2D eigenvalue weighted by Gasteiger charge is 2.29. The van der Waals surface area contributed by atoms with Crippen molar-refractivity contribution in [2.45, 2.75) is 36.1 Å². The number of ether oxygens (including phenoxy) is 1. The lowest BCUT2D eigenvalue weighted by Gasteiger charge is -2.33. The Morgan fingerprint density at radius 2 is 1.96 bits per heavy atom. The van der Waals surface area contributed by atoms with E-state index in [1.165, 1.54) is 11.3 Å². The number of hydrogen-bond acceptors (Lipinski definition) is 6. The van der Waals surface area contributed by atoms with Crippen molar-refractivity contribution in [1.82, 2.24) is 9.62 Å². The van der Waals surface area contributed by atoms with Crippen molar-refractivity contribution >= 4 is 27.3 Å². The molecule has 1 aromatic carbocycles. The fraction of sp³-hybridized carbons (Fsp3) is 0.368. The van der Waals surface area contributed by atoms with Crippen molar-refractivity contribution in [2.75, 3.05) is 13.1 Å². The molecule has 0 aliphatic carbocycles. The molecule has 1 saturated heterocycles. The van der Waals surface area contributed by atoms with Crippen molar-refractivity contribution in [3.63, 3.8) is 0 Å². The van der Waals surface area contributed by atoms with Crippen LogP contribution in [0.1, 0.15) is 25.3 Å². The molecule has 2 aromatic rings. The van der Waals surface area contributed by atoms with Gasteiger partial charge in [-0.15, -0.1) is 11.3 Å². The molecule has 9 heteroatoms. The third-order valence-electron chi connectivity index (χ3n) is 4.53. The van der Waals surface area contributed by atoms with E-state index in [4.69, 9.17) is 10.00 Å². The van der Waals surface area contributed by atoms with E-state index in [-0.39, 0.29) is 11.9 Å². The van der Waals surface area contributed by atoms with Crippen molar-refractivity contribution in [2.24, 2.45) is 0 Å². The smallest absolute Gasteiger partial charge is 0.263 e. The van der Waals surface area contributed by atoms with Gasteiger partial charge in [0.2, 0.25) is 10.0 Å². The molecule has 1 fully saturated rings. The Hall–Kier alpha value is -2.41. The molecule has 0 spiro atoms. The molecule has 28 heavy (non-hydrogen) atoms. The molecule has 1 aromatic heterocycles. The minimum Gasteiger partial charge on any atom is -0.481 e. The predicted molar refractivity (Wildman–Crippen MR) is 105 cm³/mol. The lowest BCUT2D eigenvalue weighted by atomic mass is 10.1. The summed E-state index contributed by atoms with van der Waals surface area (Å²) in [5.41, 5.74) is 0.526. The monoisotopic (exact) mass is 419 g/mol. The molecule has 0 bridgehead atoms. The number of carbonyl (C=O) groups is 1. The third-order valence-corrected chi connectivity index (χ3v) is 7.45. The molecule has 1 atom stereocenters. The van der Waals surface area contributed by atoms with E-state index in [1.54, 1.807) is 53.6 Å². The normalized spacial score (nSPS) is 16.4. The molecular weight excluding hydrogens is 398 g/mol. The number of amides is 1. The van der Waals surface area contributed by atoms with E-state index < -0.39 is 16.1 Å². The van der Waals surface area contributed by atoms with Crippen molar-refractivity contribution in [1.29, 1.82) is 5.26 Å². The number of piperidine rings is 1. The topological polar surface area (TPSA) is 99.5 Å². The molecule has 1 N–H and O–H groups in total. The standard InChI is InChI=1S/C19H21N3O4S2/c1-14(26-17-6-4-15(13-20)5-7-17)19(23)22-10-8-16(9-11-22)21-28(24,25)18-3-2-12-27-18/h2-7,12,14,16,21H,8-11H2,1H3/t14-/m1/s1. The fourth-order valence-electron chi connectivity index (χ4n) is 3.03. The minimum atomic E-state index is -3.50. The number of nitrogens with one attached hydrogen (secondary N) is 1. The Labute approximate surface area is 168 Å². The second-order valence-electron chi connectivity index (χ2n) is 6.55. The molecule has 7 nitrogen and oxygen atoms in total. The second kappa shape index (κ2) is 8.73. The van der Waals surface area contributed by atoms with E-state index >= 15 is 0 Å². The number of rotatable bonds is 6. The van der Waals surface area contributed by atoms with Gasteiger partial charge in [-0.1, -0.05) is 6.07 Å². The van der Waals surface area contributed by atoms with Gasteiger partial charge in [-0.25, -0.2) is 13.1 Å². The van der Waals surface area contributed by atoms with E-state index in [2.05, 4.69) is 4.72 Å². The van der Waals surface area contributed by atoms with E-state index in [0.29, 0.717) is 41.5 Å². The Bertz CT molecular complexity index is 942. The van der Waals surface area contributed by atoms with Gasteiger partial charge >= 0.3 is 0 Å². The SMILES string of the molecule is C[C@@H](Oc1ccc(C#N)cc1)C(=O)N1CCC(NS(=O)(=O)c2cccs2)CC1. The van der Waals surface area contributed by atoms with E-state index in [9.17, 15) is 13.2 Å². The maximum atomic E-state index is 12.6. The van der Waals surface area contributed by atoms with Crippen LogP contribution in [0.5, 0.6) is 5.75 Å². The van der Waals surface area contributed by atoms with Crippen LogP contribution in [0.4, 0.5) is 0 Å². The first-order valence-electron chi connectivity index (χ1n) is 8.90. The van der Waals surface area contributed by atoms with E-state index in [0.717, 1.165) is 0 Å². The van der Waals surface area contributed by atoms with Crippen LogP contribution in [-0.2, 0) is 14.8 Å². The number of benzene rings is 1. The first-order chi connectivity index (χ1) is 13.4. The van der Waals surface area contributed by atoms with Gasteiger partial charge in [0.05, 0.1) is 11.6 Å². The lowest BCUT2D eigenvalue weighted by molar-refractivity contribution is -0.139. The van der Waals surface area contributed by atoms with Crippen LogP contribution >= 0.6 is 11.3 Å². The van der Waals surface area contributed by atoms with Crippen LogP contribution in [-0.4, -0.2) is 44.5 Å². The summed E-state index contributed by atoms with van der Waals surface area (Å²) in [4.78, 5) is 14.3. The second-order valence-corrected chi connectivity index (χ2v) is 9.44. The van der Waals surface area contributed by atoms with Crippen molar-refractivity contribution in [3.05, 3.63) is 47.3 Å². The molecule has 0 unspecified atom stereocenters.